The van der Waals surface area contributed by atoms with Crippen LogP contribution in [0.4, 0.5) is 5.95 Å². The first-order valence-electron chi connectivity index (χ1n) is 10.8. The number of ketones is 1. The maximum atomic E-state index is 13.0. The van der Waals surface area contributed by atoms with E-state index in [4.69, 9.17) is 21.1 Å². The molecule has 2 aliphatic rings. The minimum atomic E-state index is -0.382. The molecule has 7 nitrogen and oxygen atoms in total. The van der Waals surface area contributed by atoms with Crippen LogP contribution < -0.4 is 14.8 Å². The van der Waals surface area contributed by atoms with Crippen molar-refractivity contribution in [3.63, 3.8) is 0 Å². The fraction of sp³-hybridized carbons (Fsp3) is 0.292. The molecule has 1 aliphatic carbocycles. The molecule has 2 aromatic carbocycles. The highest BCUT2D eigenvalue weighted by Crippen LogP contribution is 2.44. The molecule has 3 aromatic rings. The van der Waals surface area contributed by atoms with Crippen LogP contribution in [0.1, 0.15) is 43.4 Å². The number of rotatable bonds is 6. The van der Waals surface area contributed by atoms with E-state index < -0.39 is 0 Å². The number of carbonyl (C=O) groups excluding carboxylic acids is 1. The van der Waals surface area contributed by atoms with Crippen LogP contribution in [0.3, 0.4) is 0 Å². The topological polar surface area (TPSA) is 78.3 Å². The summed E-state index contributed by atoms with van der Waals surface area (Å²) in [6, 6.07) is 11.0. The molecule has 0 radical (unpaired) electrons. The summed E-state index contributed by atoms with van der Waals surface area (Å²) in [5.41, 5.74) is 3.53. The van der Waals surface area contributed by atoms with Crippen molar-refractivity contribution < 1.29 is 14.3 Å². The lowest BCUT2D eigenvalue weighted by Crippen LogP contribution is -2.31. The van der Waals surface area contributed by atoms with E-state index in [-0.39, 0.29) is 11.8 Å². The predicted molar refractivity (Wildman–Crippen MR) is 129 cm³/mol. The number of allylic oxidation sites excluding steroid dienone is 2. The largest absolute Gasteiger partial charge is 0.490 e. The summed E-state index contributed by atoms with van der Waals surface area (Å²) >= 11 is 9.65. The van der Waals surface area contributed by atoms with Crippen molar-refractivity contribution in [1.82, 2.24) is 14.8 Å². The molecular weight excluding hydrogens is 508 g/mol. The summed E-state index contributed by atoms with van der Waals surface area (Å²) in [5.74, 6) is 1.96. The maximum absolute atomic E-state index is 13.0. The standard InChI is InChI=1S/C24H22BrClN4O3/c1-2-32-20-11-15(10-17(25)23(20)33-12-14-6-8-16(26)9-7-14)22-21-18(4-3-5-19(21)31)29-24-27-13-28-30(22)24/h6-11,13,22H,2-5,12H2,1H3,(H,27,28,29). The van der Waals surface area contributed by atoms with E-state index in [9.17, 15) is 4.79 Å². The van der Waals surface area contributed by atoms with Crippen molar-refractivity contribution in [2.45, 2.75) is 38.8 Å². The van der Waals surface area contributed by atoms with Crippen LogP contribution in [0.15, 0.2) is 58.5 Å². The Bertz CT molecular complexity index is 1240. The van der Waals surface area contributed by atoms with Gasteiger partial charge in [0.15, 0.2) is 17.3 Å². The zero-order valence-electron chi connectivity index (χ0n) is 18.0. The summed E-state index contributed by atoms with van der Waals surface area (Å²) in [4.78, 5) is 17.3. The number of hydrogen-bond donors (Lipinski definition) is 1. The summed E-state index contributed by atoms with van der Waals surface area (Å²) in [6.45, 7) is 2.76. The van der Waals surface area contributed by atoms with Crippen LogP contribution in [0.2, 0.25) is 5.02 Å². The molecule has 0 saturated carbocycles. The lowest BCUT2D eigenvalue weighted by atomic mass is 9.85. The number of Topliss-reactive ketones (excluding diaryl/α,β-unsaturated/α-hetero) is 1. The van der Waals surface area contributed by atoms with Crippen molar-refractivity contribution in [3.8, 4) is 11.5 Å². The molecular formula is C24H22BrClN4O3. The lowest BCUT2D eigenvalue weighted by Gasteiger charge is -2.32. The van der Waals surface area contributed by atoms with E-state index >= 15 is 0 Å². The average Bonchev–Trinajstić information content (AvgIpc) is 3.27. The summed E-state index contributed by atoms with van der Waals surface area (Å²) < 4.78 is 14.6. The van der Waals surface area contributed by atoms with Gasteiger partial charge in [-0.3, -0.25) is 4.79 Å². The summed E-state index contributed by atoms with van der Waals surface area (Å²) in [5, 5.41) is 8.38. The number of benzene rings is 2. The number of fused-ring (bicyclic) bond motifs is 1. The van der Waals surface area contributed by atoms with E-state index in [2.05, 4.69) is 31.3 Å². The van der Waals surface area contributed by atoms with E-state index in [1.807, 2.05) is 43.3 Å². The molecule has 5 rings (SSSR count). The lowest BCUT2D eigenvalue weighted by molar-refractivity contribution is -0.116. The first-order chi connectivity index (χ1) is 16.0. The quantitative estimate of drug-likeness (QED) is 0.442. The van der Waals surface area contributed by atoms with Gasteiger partial charge in [-0.15, -0.1) is 0 Å². The van der Waals surface area contributed by atoms with Crippen LogP contribution in [0.25, 0.3) is 0 Å². The fourth-order valence-electron chi connectivity index (χ4n) is 4.29. The highest BCUT2D eigenvalue weighted by Gasteiger charge is 2.36. The molecule has 33 heavy (non-hydrogen) atoms. The molecule has 0 fully saturated rings. The highest BCUT2D eigenvalue weighted by molar-refractivity contribution is 9.10. The molecule has 1 aliphatic heterocycles. The smallest absolute Gasteiger partial charge is 0.226 e. The first kappa shape index (κ1) is 22.0. The summed E-state index contributed by atoms with van der Waals surface area (Å²) in [6.07, 6.45) is 3.67. The number of halogens is 2. The Morgan fingerprint density at radius 3 is 2.82 bits per heavy atom. The van der Waals surface area contributed by atoms with Crippen LogP contribution in [-0.2, 0) is 11.4 Å². The van der Waals surface area contributed by atoms with Crippen molar-refractivity contribution in [3.05, 3.63) is 74.6 Å². The number of aromatic nitrogens is 3. The number of carbonyl (C=O) groups is 1. The molecule has 0 amide bonds. The SMILES string of the molecule is CCOc1cc(C2C3=C(CCCC3=O)Nc3ncnn32)cc(Br)c1OCc1ccc(Cl)cc1. The van der Waals surface area contributed by atoms with E-state index in [0.717, 1.165) is 39.7 Å². The van der Waals surface area contributed by atoms with Crippen LogP contribution in [0.5, 0.6) is 11.5 Å². The Labute approximate surface area is 204 Å². The third-order valence-corrected chi connectivity index (χ3v) is 6.59. The van der Waals surface area contributed by atoms with Gasteiger partial charge in [0.2, 0.25) is 5.95 Å². The van der Waals surface area contributed by atoms with E-state index in [1.165, 1.54) is 6.33 Å². The van der Waals surface area contributed by atoms with Gasteiger partial charge in [-0.1, -0.05) is 23.7 Å². The van der Waals surface area contributed by atoms with Crippen molar-refractivity contribution in [2.75, 3.05) is 11.9 Å². The van der Waals surface area contributed by atoms with Gasteiger partial charge < -0.3 is 14.8 Å². The maximum Gasteiger partial charge on any atom is 0.226 e. The molecule has 1 atom stereocenters. The van der Waals surface area contributed by atoms with Crippen LogP contribution in [-0.4, -0.2) is 27.2 Å². The average molecular weight is 530 g/mol. The second-order valence-electron chi connectivity index (χ2n) is 7.90. The Hall–Kier alpha value is -2.84. The van der Waals surface area contributed by atoms with Gasteiger partial charge in [0.1, 0.15) is 19.0 Å². The number of nitrogens with one attached hydrogen (secondary N) is 1. The van der Waals surface area contributed by atoms with Gasteiger partial charge in [-0.05, 0) is 71.1 Å². The summed E-state index contributed by atoms with van der Waals surface area (Å²) in [7, 11) is 0. The molecule has 0 spiro atoms. The van der Waals surface area contributed by atoms with Gasteiger partial charge in [-0.2, -0.15) is 10.1 Å². The molecule has 170 valence electrons. The van der Waals surface area contributed by atoms with Crippen molar-refractivity contribution >= 4 is 39.3 Å². The van der Waals surface area contributed by atoms with Gasteiger partial charge in [0, 0.05) is 22.7 Å². The normalized spacial score (nSPS) is 17.3. The molecule has 1 unspecified atom stereocenters. The molecule has 1 aromatic heterocycles. The predicted octanol–water partition coefficient (Wildman–Crippen LogP) is 5.69. The van der Waals surface area contributed by atoms with Crippen molar-refractivity contribution in [2.24, 2.45) is 0 Å². The fourth-order valence-corrected chi connectivity index (χ4v) is 4.99. The number of anilines is 1. The number of hydrogen-bond acceptors (Lipinski definition) is 6. The zero-order chi connectivity index (χ0) is 22.9. The Kier molecular flexibility index (Phi) is 6.12. The van der Waals surface area contributed by atoms with E-state index in [1.54, 1.807) is 4.68 Å². The van der Waals surface area contributed by atoms with E-state index in [0.29, 0.717) is 42.1 Å². The van der Waals surface area contributed by atoms with Gasteiger partial charge >= 0.3 is 0 Å². The highest BCUT2D eigenvalue weighted by atomic mass is 79.9. The van der Waals surface area contributed by atoms with Crippen molar-refractivity contribution in [1.29, 1.82) is 0 Å². The van der Waals surface area contributed by atoms with Gasteiger partial charge in [-0.25, -0.2) is 4.68 Å². The number of ether oxygens (including phenoxy) is 2. The monoisotopic (exact) mass is 528 g/mol. The second-order valence-corrected chi connectivity index (χ2v) is 9.19. The molecule has 9 heteroatoms. The third kappa shape index (κ3) is 4.25. The Morgan fingerprint density at radius 1 is 1.21 bits per heavy atom. The van der Waals surface area contributed by atoms with Crippen LogP contribution in [0, 0.1) is 0 Å². The second kappa shape index (κ2) is 9.19. The Morgan fingerprint density at radius 2 is 2.03 bits per heavy atom. The number of nitrogens with zero attached hydrogens (tertiary/aromatic N) is 3. The third-order valence-electron chi connectivity index (χ3n) is 5.75. The van der Waals surface area contributed by atoms with Crippen LogP contribution >= 0.6 is 27.5 Å². The van der Waals surface area contributed by atoms with Gasteiger partial charge in [0.05, 0.1) is 11.1 Å². The zero-order valence-corrected chi connectivity index (χ0v) is 20.3. The molecule has 0 saturated heterocycles. The molecule has 2 heterocycles. The Balaban J connectivity index is 1.54. The molecule has 0 bridgehead atoms. The minimum Gasteiger partial charge on any atom is -0.490 e. The minimum absolute atomic E-state index is 0.132. The first-order valence-corrected chi connectivity index (χ1v) is 12.0. The molecule has 1 N–H and O–H groups in total. The van der Waals surface area contributed by atoms with Gasteiger partial charge in [0.25, 0.3) is 0 Å².